The highest BCUT2D eigenvalue weighted by molar-refractivity contribution is 5.97. The fourth-order valence-corrected chi connectivity index (χ4v) is 2.54. The van der Waals surface area contributed by atoms with Crippen LogP contribution in [0.4, 0.5) is 0 Å². The van der Waals surface area contributed by atoms with Gasteiger partial charge >= 0.3 is 0 Å². The Balaban J connectivity index is 2.22. The Morgan fingerprint density at radius 2 is 2.16 bits per heavy atom. The minimum Gasteiger partial charge on any atom is -0.507 e. The topological polar surface area (TPSA) is 60.8 Å². The van der Waals surface area contributed by atoms with Gasteiger partial charge in [0.25, 0.3) is 5.91 Å². The Morgan fingerprint density at radius 3 is 2.84 bits per heavy atom. The van der Waals surface area contributed by atoms with Gasteiger partial charge in [0.2, 0.25) is 0 Å². The number of aromatic hydroxyl groups is 1. The quantitative estimate of drug-likeness (QED) is 0.856. The summed E-state index contributed by atoms with van der Waals surface area (Å²) in [6.45, 7) is 5.10. The lowest BCUT2D eigenvalue weighted by atomic mass is 9.97. The SMILES string of the molecule is Cc1ccc(C(=O)N2CCCC(CO)C2)c(O)c1C. The zero-order chi connectivity index (χ0) is 14.0. The van der Waals surface area contributed by atoms with Gasteiger partial charge in [-0.1, -0.05) is 6.07 Å². The maximum atomic E-state index is 12.4. The van der Waals surface area contributed by atoms with Gasteiger partial charge in [-0.05, 0) is 49.8 Å². The highest BCUT2D eigenvalue weighted by atomic mass is 16.3. The Kier molecular flexibility index (Phi) is 4.10. The lowest BCUT2D eigenvalue weighted by molar-refractivity contribution is 0.0617. The molecule has 0 aliphatic carbocycles. The summed E-state index contributed by atoms with van der Waals surface area (Å²) in [7, 11) is 0. The largest absolute Gasteiger partial charge is 0.507 e. The second-order valence-electron chi connectivity index (χ2n) is 5.35. The average molecular weight is 263 g/mol. The number of hydrogen-bond donors (Lipinski definition) is 2. The molecule has 4 nitrogen and oxygen atoms in total. The van der Waals surface area contributed by atoms with Crippen LogP contribution >= 0.6 is 0 Å². The number of piperidine rings is 1. The normalized spacial score (nSPS) is 19.5. The lowest BCUT2D eigenvalue weighted by Gasteiger charge is -2.32. The average Bonchev–Trinajstić information content (AvgIpc) is 2.44. The Labute approximate surface area is 113 Å². The van der Waals surface area contributed by atoms with E-state index < -0.39 is 0 Å². The standard InChI is InChI=1S/C15H21NO3/c1-10-5-6-13(14(18)11(10)2)15(19)16-7-3-4-12(8-16)9-17/h5-6,12,17-18H,3-4,7-9H2,1-2H3. The third kappa shape index (κ3) is 2.73. The summed E-state index contributed by atoms with van der Waals surface area (Å²) >= 11 is 0. The summed E-state index contributed by atoms with van der Waals surface area (Å²) in [6, 6.07) is 3.54. The molecule has 1 amide bonds. The van der Waals surface area contributed by atoms with E-state index in [9.17, 15) is 15.0 Å². The predicted molar refractivity (Wildman–Crippen MR) is 73.3 cm³/mol. The molecule has 0 radical (unpaired) electrons. The monoisotopic (exact) mass is 263 g/mol. The number of aryl methyl sites for hydroxylation is 1. The molecule has 1 aliphatic rings. The van der Waals surface area contributed by atoms with E-state index in [2.05, 4.69) is 0 Å². The first kappa shape index (κ1) is 13.9. The number of aliphatic hydroxyl groups is 1. The summed E-state index contributed by atoms with van der Waals surface area (Å²) in [5.41, 5.74) is 2.09. The van der Waals surface area contributed by atoms with Gasteiger partial charge < -0.3 is 15.1 Å². The van der Waals surface area contributed by atoms with Crippen LogP contribution < -0.4 is 0 Å². The maximum absolute atomic E-state index is 12.4. The number of hydrogen-bond acceptors (Lipinski definition) is 3. The van der Waals surface area contributed by atoms with E-state index in [-0.39, 0.29) is 24.2 Å². The van der Waals surface area contributed by atoms with Gasteiger partial charge in [0.15, 0.2) is 0 Å². The van der Waals surface area contributed by atoms with Crippen LogP contribution in [0.3, 0.4) is 0 Å². The summed E-state index contributed by atoms with van der Waals surface area (Å²) in [5, 5.41) is 19.3. The van der Waals surface area contributed by atoms with Gasteiger partial charge in [-0.2, -0.15) is 0 Å². The number of amides is 1. The number of benzene rings is 1. The number of aliphatic hydroxyl groups excluding tert-OH is 1. The van der Waals surface area contributed by atoms with Crippen molar-refractivity contribution in [1.29, 1.82) is 0 Å². The van der Waals surface area contributed by atoms with Crippen molar-refractivity contribution < 1.29 is 15.0 Å². The lowest BCUT2D eigenvalue weighted by Crippen LogP contribution is -2.41. The van der Waals surface area contributed by atoms with Crippen LogP contribution in [0.1, 0.15) is 34.3 Å². The molecule has 4 heteroatoms. The van der Waals surface area contributed by atoms with E-state index in [4.69, 9.17) is 0 Å². The molecular weight excluding hydrogens is 242 g/mol. The van der Waals surface area contributed by atoms with Crippen LogP contribution in [-0.4, -0.2) is 40.7 Å². The summed E-state index contributed by atoms with van der Waals surface area (Å²) < 4.78 is 0. The molecule has 19 heavy (non-hydrogen) atoms. The molecule has 104 valence electrons. The van der Waals surface area contributed by atoms with Crippen molar-refractivity contribution in [2.75, 3.05) is 19.7 Å². The van der Waals surface area contributed by atoms with Crippen molar-refractivity contribution in [1.82, 2.24) is 4.90 Å². The van der Waals surface area contributed by atoms with Crippen LogP contribution in [-0.2, 0) is 0 Å². The molecule has 1 saturated heterocycles. The molecule has 1 heterocycles. The van der Waals surface area contributed by atoms with E-state index in [1.165, 1.54) is 0 Å². The van der Waals surface area contributed by atoms with Crippen molar-refractivity contribution in [3.05, 3.63) is 28.8 Å². The molecule has 2 rings (SSSR count). The van der Waals surface area contributed by atoms with Crippen LogP contribution in [0, 0.1) is 19.8 Å². The van der Waals surface area contributed by atoms with Gasteiger partial charge in [0.05, 0.1) is 5.56 Å². The molecule has 0 bridgehead atoms. The first-order chi connectivity index (χ1) is 9.04. The smallest absolute Gasteiger partial charge is 0.257 e. The molecule has 0 saturated carbocycles. The first-order valence-electron chi connectivity index (χ1n) is 6.74. The van der Waals surface area contributed by atoms with Gasteiger partial charge in [-0.15, -0.1) is 0 Å². The van der Waals surface area contributed by atoms with Crippen molar-refractivity contribution >= 4 is 5.91 Å². The fraction of sp³-hybridized carbons (Fsp3) is 0.533. The van der Waals surface area contributed by atoms with Crippen LogP contribution in [0.15, 0.2) is 12.1 Å². The van der Waals surface area contributed by atoms with E-state index in [1.54, 1.807) is 11.0 Å². The second-order valence-corrected chi connectivity index (χ2v) is 5.35. The van der Waals surface area contributed by atoms with Gasteiger partial charge in [0, 0.05) is 19.7 Å². The number of phenolic OH excluding ortho intramolecular Hbond substituents is 1. The van der Waals surface area contributed by atoms with Crippen LogP contribution in [0.25, 0.3) is 0 Å². The minimum atomic E-state index is -0.140. The summed E-state index contributed by atoms with van der Waals surface area (Å²) in [6.07, 6.45) is 1.86. The Morgan fingerprint density at radius 1 is 1.42 bits per heavy atom. The van der Waals surface area contributed by atoms with Gasteiger partial charge in [-0.3, -0.25) is 4.79 Å². The number of likely N-dealkylation sites (tertiary alicyclic amines) is 1. The Bertz CT molecular complexity index is 485. The predicted octanol–water partition coefficient (Wildman–Crippen LogP) is 1.85. The fourth-order valence-electron chi connectivity index (χ4n) is 2.54. The third-order valence-corrected chi connectivity index (χ3v) is 4.00. The van der Waals surface area contributed by atoms with Crippen molar-refractivity contribution in [2.24, 2.45) is 5.92 Å². The zero-order valence-electron chi connectivity index (χ0n) is 11.5. The van der Waals surface area contributed by atoms with Crippen LogP contribution in [0.2, 0.25) is 0 Å². The first-order valence-corrected chi connectivity index (χ1v) is 6.74. The minimum absolute atomic E-state index is 0.0797. The molecule has 2 N–H and O–H groups in total. The number of phenols is 1. The van der Waals surface area contributed by atoms with Crippen molar-refractivity contribution in [3.8, 4) is 5.75 Å². The zero-order valence-corrected chi connectivity index (χ0v) is 11.5. The van der Waals surface area contributed by atoms with Crippen LogP contribution in [0.5, 0.6) is 5.75 Å². The number of carbonyl (C=O) groups is 1. The molecule has 1 unspecified atom stereocenters. The molecule has 0 aromatic heterocycles. The summed E-state index contributed by atoms with van der Waals surface area (Å²) in [4.78, 5) is 14.2. The summed E-state index contributed by atoms with van der Waals surface area (Å²) in [5.74, 6) is 0.0984. The molecule has 1 aromatic carbocycles. The second kappa shape index (κ2) is 5.61. The molecular formula is C15H21NO3. The molecule has 1 atom stereocenters. The van der Waals surface area contributed by atoms with Gasteiger partial charge in [-0.25, -0.2) is 0 Å². The molecule has 1 aromatic rings. The van der Waals surface area contributed by atoms with E-state index in [0.29, 0.717) is 18.7 Å². The number of nitrogens with zero attached hydrogens (tertiary/aromatic N) is 1. The third-order valence-electron chi connectivity index (χ3n) is 4.00. The van der Waals surface area contributed by atoms with Crippen molar-refractivity contribution in [3.63, 3.8) is 0 Å². The number of rotatable bonds is 2. The highest BCUT2D eigenvalue weighted by Crippen LogP contribution is 2.27. The maximum Gasteiger partial charge on any atom is 0.257 e. The molecule has 1 fully saturated rings. The Hall–Kier alpha value is -1.55. The number of carbonyl (C=O) groups excluding carboxylic acids is 1. The van der Waals surface area contributed by atoms with E-state index in [0.717, 1.165) is 24.0 Å². The molecule has 0 spiro atoms. The van der Waals surface area contributed by atoms with Crippen molar-refractivity contribution in [2.45, 2.75) is 26.7 Å². The van der Waals surface area contributed by atoms with E-state index >= 15 is 0 Å². The van der Waals surface area contributed by atoms with Gasteiger partial charge in [0.1, 0.15) is 5.75 Å². The molecule has 1 aliphatic heterocycles. The highest BCUT2D eigenvalue weighted by Gasteiger charge is 2.26. The van der Waals surface area contributed by atoms with E-state index in [1.807, 2.05) is 19.9 Å².